The Bertz CT molecular complexity index is 773. The summed E-state index contributed by atoms with van der Waals surface area (Å²) in [6.07, 6.45) is 0. The number of nitrogens with one attached hydrogen (secondary N) is 1. The molecule has 0 spiro atoms. The van der Waals surface area contributed by atoms with Crippen LogP contribution in [0.25, 0.3) is 0 Å². The zero-order valence-corrected chi connectivity index (χ0v) is 16.8. The number of fused-ring (bicyclic) bond motifs is 1. The number of nitrogens with zero attached hydrogens (tertiary/aromatic N) is 2. The van der Waals surface area contributed by atoms with Crippen LogP contribution >= 0.6 is 0 Å². The number of allylic oxidation sites excluding steroid dienone is 2. The van der Waals surface area contributed by atoms with Crippen molar-refractivity contribution in [1.29, 1.82) is 0 Å². The lowest BCUT2D eigenvalue weighted by Crippen LogP contribution is -2.45. The highest BCUT2D eigenvalue weighted by molar-refractivity contribution is 6.27. The van der Waals surface area contributed by atoms with Crippen LogP contribution in [0.15, 0.2) is 35.7 Å². The summed E-state index contributed by atoms with van der Waals surface area (Å²) < 4.78 is 10.1. The van der Waals surface area contributed by atoms with Gasteiger partial charge in [0.15, 0.2) is 0 Å². The summed E-state index contributed by atoms with van der Waals surface area (Å²) in [5, 5.41) is 2.98. The first-order valence-electron chi connectivity index (χ1n) is 9.03. The van der Waals surface area contributed by atoms with Gasteiger partial charge in [-0.3, -0.25) is 14.4 Å². The minimum atomic E-state index is -0.347. The molecule has 0 bridgehead atoms. The molecule has 1 aromatic carbocycles. The van der Waals surface area contributed by atoms with Gasteiger partial charge in [-0.05, 0) is 0 Å². The van der Waals surface area contributed by atoms with Gasteiger partial charge in [-0.1, -0.05) is 24.3 Å². The lowest BCUT2D eigenvalue weighted by molar-refractivity contribution is -0.128. The van der Waals surface area contributed by atoms with Gasteiger partial charge in [0.2, 0.25) is 17.5 Å². The zero-order valence-electron chi connectivity index (χ0n) is 16.8. The Morgan fingerprint density at radius 2 is 1.54 bits per heavy atom. The molecule has 1 aliphatic carbocycles. The SMILES string of the molecule is COCCNCC(=O)N(CCOC)C1=C(N(C)C)C(=O)c2ccccc2C1=O. The minimum Gasteiger partial charge on any atom is -0.383 e. The zero-order chi connectivity index (χ0) is 20.7. The number of carbonyl (C=O) groups is 3. The number of rotatable bonds is 10. The van der Waals surface area contributed by atoms with Gasteiger partial charge in [0.05, 0.1) is 19.8 Å². The summed E-state index contributed by atoms with van der Waals surface area (Å²) in [7, 11) is 6.46. The number of carbonyl (C=O) groups excluding carboxylic acids is 3. The van der Waals surface area contributed by atoms with Crippen LogP contribution in [0.4, 0.5) is 0 Å². The predicted octanol–water partition coefficient (Wildman–Crippen LogP) is 0.550. The highest BCUT2D eigenvalue weighted by atomic mass is 16.5. The summed E-state index contributed by atoms with van der Waals surface area (Å²) in [4.78, 5) is 42.1. The molecule has 0 atom stereocenters. The molecular formula is C20H27N3O5. The van der Waals surface area contributed by atoms with Gasteiger partial charge in [0.25, 0.3) is 0 Å². The van der Waals surface area contributed by atoms with Gasteiger partial charge >= 0.3 is 0 Å². The molecule has 0 unspecified atom stereocenters. The number of hydrogen-bond donors (Lipinski definition) is 1. The number of hydrogen-bond acceptors (Lipinski definition) is 7. The van der Waals surface area contributed by atoms with Crippen LogP contribution < -0.4 is 5.32 Å². The minimum absolute atomic E-state index is 0.0143. The van der Waals surface area contributed by atoms with E-state index in [-0.39, 0.29) is 48.6 Å². The van der Waals surface area contributed by atoms with Gasteiger partial charge in [0.1, 0.15) is 11.4 Å². The molecule has 1 aromatic rings. The van der Waals surface area contributed by atoms with Crippen molar-refractivity contribution < 1.29 is 23.9 Å². The van der Waals surface area contributed by atoms with E-state index >= 15 is 0 Å². The molecule has 0 radical (unpaired) electrons. The molecule has 8 nitrogen and oxygen atoms in total. The Kier molecular flexibility index (Phi) is 7.86. The van der Waals surface area contributed by atoms with Crippen LogP contribution in [-0.4, -0.2) is 88.4 Å². The van der Waals surface area contributed by atoms with Crippen molar-refractivity contribution in [2.75, 3.05) is 61.2 Å². The van der Waals surface area contributed by atoms with E-state index in [1.165, 1.54) is 12.0 Å². The van der Waals surface area contributed by atoms with Crippen molar-refractivity contribution in [3.63, 3.8) is 0 Å². The van der Waals surface area contributed by atoms with Crippen molar-refractivity contribution in [2.45, 2.75) is 0 Å². The van der Waals surface area contributed by atoms with Crippen molar-refractivity contribution in [2.24, 2.45) is 0 Å². The van der Waals surface area contributed by atoms with E-state index in [1.807, 2.05) is 0 Å². The standard InChI is InChI=1S/C20H27N3O5/c1-22(2)17-18(20(26)15-8-6-5-7-14(15)19(17)25)23(10-12-28-4)16(24)13-21-9-11-27-3/h5-8,21H,9-13H2,1-4H3. The van der Waals surface area contributed by atoms with Gasteiger partial charge in [-0.15, -0.1) is 0 Å². The fourth-order valence-corrected chi connectivity index (χ4v) is 3.02. The molecule has 1 N–H and O–H groups in total. The largest absolute Gasteiger partial charge is 0.383 e. The number of benzene rings is 1. The van der Waals surface area contributed by atoms with Gasteiger partial charge in [-0.2, -0.15) is 0 Å². The molecule has 0 saturated heterocycles. The van der Waals surface area contributed by atoms with Crippen LogP contribution in [-0.2, 0) is 14.3 Å². The molecule has 8 heteroatoms. The molecule has 152 valence electrons. The van der Waals surface area contributed by atoms with Crippen molar-refractivity contribution in [1.82, 2.24) is 15.1 Å². The molecule has 0 aliphatic heterocycles. The maximum absolute atomic E-state index is 13.3. The smallest absolute Gasteiger partial charge is 0.241 e. The van der Waals surface area contributed by atoms with E-state index in [0.29, 0.717) is 24.3 Å². The van der Waals surface area contributed by atoms with E-state index in [2.05, 4.69) is 5.32 Å². The third-order valence-electron chi connectivity index (χ3n) is 4.37. The Labute approximate surface area is 165 Å². The van der Waals surface area contributed by atoms with Gasteiger partial charge in [0, 0.05) is 52.5 Å². The molecule has 2 rings (SSSR count). The van der Waals surface area contributed by atoms with Gasteiger partial charge < -0.3 is 24.6 Å². The second-order valence-corrected chi connectivity index (χ2v) is 6.50. The maximum atomic E-state index is 13.3. The topological polar surface area (TPSA) is 88.2 Å². The number of ketones is 2. The predicted molar refractivity (Wildman–Crippen MR) is 104 cm³/mol. The number of likely N-dealkylation sites (N-methyl/N-ethyl adjacent to an activating group) is 1. The first-order chi connectivity index (χ1) is 13.4. The average Bonchev–Trinajstić information content (AvgIpc) is 2.68. The molecule has 1 amide bonds. The molecule has 0 heterocycles. The first kappa shape index (κ1) is 21.7. The highest BCUT2D eigenvalue weighted by Gasteiger charge is 2.37. The van der Waals surface area contributed by atoms with E-state index in [9.17, 15) is 14.4 Å². The third kappa shape index (κ3) is 4.64. The lowest BCUT2D eigenvalue weighted by Gasteiger charge is -2.32. The Balaban J connectivity index is 2.45. The maximum Gasteiger partial charge on any atom is 0.241 e. The monoisotopic (exact) mass is 389 g/mol. The summed E-state index contributed by atoms with van der Waals surface area (Å²) >= 11 is 0. The van der Waals surface area contributed by atoms with Crippen LogP contribution in [0.1, 0.15) is 20.7 Å². The van der Waals surface area contributed by atoms with Crippen LogP contribution in [0.5, 0.6) is 0 Å². The molecular weight excluding hydrogens is 362 g/mol. The quantitative estimate of drug-likeness (QED) is 0.585. The lowest BCUT2D eigenvalue weighted by atomic mass is 9.89. The Morgan fingerprint density at radius 1 is 0.964 bits per heavy atom. The number of amides is 1. The summed E-state index contributed by atoms with van der Waals surface area (Å²) in [5.74, 6) is -0.943. The normalized spacial score (nSPS) is 13.6. The second kappa shape index (κ2) is 10.1. The Morgan fingerprint density at radius 3 is 2.07 bits per heavy atom. The highest BCUT2D eigenvalue weighted by Crippen LogP contribution is 2.29. The van der Waals surface area contributed by atoms with Crippen molar-refractivity contribution in [3.05, 3.63) is 46.8 Å². The van der Waals surface area contributed by atoms with Gasteiger partial charge in [-0.25, -0.2) is 0 Å². The summed E-state index contributed by atoms with van der Waals surface area (Å²) in [6, 6.07) is 6.66. The molecule has 0 saturated carbocycles. The number of ether oxygens (including phenoxy) is 2. The summed E-state index contributed by atoms with van der Waals surface area (Å²) in [6.45, 7) is 1.37. The molecule has 0 aromatic heterocycles. The van der Waals surface area contributed by atoms with Crippen LogP contribution in [0.2, 0.25) is 0 Å². The van der Waals surface area contributed by atoms with E-state index in [1.54, 1.807) is 50.4 Å². The van der Waals surface area contributed by atoms with E-state index in [4.69, 9.17) is 9.47 Å². The van der Waals surface area contributed by atoms with Crippen molar-refractivity contribution in [3.8, 4) is 0 Å². The van der Waals surface area contributed by atoms with Crippen molar-refractivity contribution >= 4 is 17.5 Å². The van der Waals surface area contributed by atoms with E-state index in [0.717, 1.165) is 0 Å². The number of Topliss-reactive ketones (excluding diaryl/α,β-unsaturated/α-hetero) is 2. The summed E-state index contributed by atoms with van der Waals surface area (Å²) in [5.41, 5.74) is 0.933. The average molecular weight is 389 g/mol. The van der Waals surface area contributed by atoms with E-state index < -0.39 is 0 Å². The van der Waals surface area contributed by atoms with Crippen LogP contribution in [0.3, 0.4) is 0 Å². The fraction of sp³-hybridized carbons (Fsp3) is 0.450. The second-order valence-electron chi connectivity index (χ2n) is 6.50. The van der Waals surface area contributed by atoms with Crippen LogP contribution in [0, 0.1) is 0 Å². The third-order valence-corrected chi connectivity index (χ3v) is 4.37. The number of methoxy groups -OCH3 is 2. The molecule has 1 aliphatic rings. The molecule has 28 heavy (non-hydrogen) atoms. The first-order valence-corrected chi connectivity index (χ1v) is 9.03. The molecule has 0 fully saturated rings. The fourth-order valence-electron chi connectivity index (χ4n) is 3.02. The Hall–Kier alpha value is -2.55.